The summed E-state index contributed by atoms with van der Waals surface area (Å²) < 4.78 is 39.1. The molecule has 0 heterocycles. The molecule has 0 saturated carbocycles. The first-order chi connectivity index (χ1) is 11.8. The van der Waals surface area contributed by atoms with Crippen molar-refractivity contribution >= 4 is 28.5 Å². The van der Waals surface area contributed by atoms with Crippen LogP contribution < -0.4 is 0 Å². The van der Waals surface area contributed by atoms with Crippen LogP contribution in [0, 0.1) is 0 Å². The minimum absolute atomic E-state index is 0.737. The molecular weight excluding hydrogens is 378 g/mol. The van der Waals surface area contributed by atoms with Crippen LogP contribution in [-0.4, -0.2) is 34.5 Å². The van der Waals surface area contributed by atoms with Crippen LogP contribution >= 0.6 is 28.5 Å². The van der Waals surface area contributed by atoms with E-state index in [0.717, 1.165) is 73.0 Å². The zero-order chi connectivity index (χ0) is 19.4. The van der Waals surface area contributed by atoms with E-state index in [1.165, 1.54) is 0 Å². The number of rotatable bonds is 16. The summed E-state index contributed by atoms with van der Waals surface area (Å²) in [6.45, 7) is 12.4. The number of unbranched alkanes of at least 4 members (excludes halogenated alkanes) is 4. The van der Waals surface area contributed by atoms with E-state index in [-0.39, 0.29) is 0 Å². The van der Waals surface area contributed by atoms with Crippen LogP contribution in [0.4, 0.5) is 4.20 Å². The molecule has 0 bridgehead atoms. The Morgan fingerprint density at radius 3 is 1.24 bits per heavy atom. The van der Waals surface area contributed by atoms with Crippen molar-refractivity contribution in [2.24, 2.45) is 0 Å². The van der Waals surface area contributed by atoms with Gasteiger partial charge in [-0.2, -0.15) is 0 Å². The van der Waals surface area contributed by atoms with Gasteiger partial charge in [-0.25, -0.2) is 12.5 Å². The lowest BCUT2D eigenvalue weighted by molar-refractivity contribution is 0.365. The van der Waals surface area contributed by atoms with E-state index >= 15 is 0 Å². The number of hydrogen-bond donors (Lipinski definition) is 0. The Bertz CT molecular complexity index is 357. The zero-order valence-electron chi connectivity index (χ0n) is 17.4. The highest BCUT2D eigenvalue weighted by Gasteiger charge is 2.40. The lowest BCUT2D eigenvalue weighted by Crippen LogP contribution is -2.17. The van der Waals surface area contributed by atoms with E-state index in [0.29, 0.717) is 0 Å². The van der Waals surface area contributed by atoms with Crippen LogP contribution in [0.5, 0.6) is 0 Å². The second-order valence-corrected chi connectivity index (χ2v) is 15.5. The molecule has 0 saturated heterocycles. The molecule has 0 aromatic carbocycles. The second kappa shape index (κ2) is 13.0. The monoisotopic (exact) mass is 420 g/mol. The molecule has 0 aliphatic carbocycles. The first-order valence-corrected chi connectivity index (χ1v) is 15.6. The molecule has 25 heavy (non-hydrogen) atoms. The highest BCUT2D eigenvalue weighted by Crippen LogP contribution is 2.72. The van der Waals surface area contributed by atoms with Crippen molar-refractivity contribution < 1.29 is 16.7 Å². The smallest absolute Gasteiger partial charge is 0.233 e. The molecule has 0 amide bonds. The summed E-state index contributed by atoms with van der Waals surface area (Å²) in [6, 6.07) is 0. The molecule has 0 radical (unpaired) electrons. The minimum Gasteiger partial charge on any atom is -0.233 e. The van der Waals surface area contributed by atoms with Crippen LogP contribution in [-0.2, 0) is 12.5 Å². The van der Waals surface area contributed by atoms with Gasteiger partial charge in [-0.1, -0.05) is 67.2 Å². The molecule has 0 aromatic heterocycles. The predicted molar refractivity (Wildman–Crippen MR) is 117 cm³/mol. The molecule has 0 aliphatic rings. The first-order valence-electron chi connectivity index (χ1n) is 10.0. The summed E-state index contributed by atoms with van der Waals surface area (Å²) in [6.07, 6.45) is 6.44. The summed E-state index contributed by atoms with van der Waals surface area (Å²) in [4.78, 5) is 0. The van der Waals surface area contributed by atoms with Crippen molar-refractivity contribution in [3.05, 3.63) is 0 Å². The molecule has 0 spiro atoms. The average Bonchev–Trinajstić information content (AvgIpc) is 2.60. The summed E-state index contributed by atoms with van der Waals surface area (Å²) in [5.41, 5.74) is 0. The Hall–Kier alpha value is 0.780. The van der Waals surface area contributed by atoms with Crippen LogP contribution in [0.15, 0.2) is 0 Å². The number of halogens is 1. The molecule has 0 atom stereocenters. The first kappa shape index (κ1) is 25.8. The highest BCUT2D eigenvalue weighted by atomic mass is 32.3. The van der Waals surface area contributed by atoms with Gasteiger partial charge in [0.25, 0.3) is 0 Å². The van der Waals surface area contributed by atoms with E-state index in [1.54, 1.807) is 0 Å². The van der Waals surface area contributed by atoms with E-state index in [2.05, 4.69) is 13.8 Å². The van der Waals surface area contributed by atoms with Crippen LogP contribution in [0.1, 0.15) is 80.1 Å². The molecule has 7 heteroatoms. The summed E-state index contributed by atoms with van der Waals surface area (Å²) in [5.74, 6) is 4.59. The largest absolute Gasteiger partial charge is 0.532 e. The Kier molecular flexibility index (Phi) is 13.4. The van der Waals surface area contributed by atoms with Crippen LogP contribution in [0.3, 0.4) is 0 Å². The van der Waals surface area contributed by atoms with E-state index in [1.807, 2.05) is 27.7 Å². The third-order valence-corrected chi connectivity index (χ3v) is 15.1. The van der Waals surface area contributed by atoms with Gasteiger partial charge in [0.2, 0.25) is 0 Å². The Morgan fingerprint density at radius 1 is 0.680 bits per heavy atom. The zero-order valence-corrected chi connectivity index (χ0v) is 19.9. The van der Waals surface area contributed by atoms with Gasteiger partial charge < -0.3 is 0 Å². The van der Waals surface area contributed by atoms with Crippen LogP contribution in [0.2, 0.25) is 0 Å². The van der Waals surface area contributed by atoms with Gasteiger partial charge in [0.05, 0.1) is 0 Å². The molecule has 156 valence electrons. The Balaban J connectivity index is 5.11. The fraction of sp³-hybridized carbons (Fsp3) is 1.00. The lowest BCUT2D eigenvalue weighted by atomic mass is 10.3. The third kappa shape index (κ3) is 9.51. The maximum Gasteiger partial charge on any atom is 0.532 e. The molecule has 0 fully saturated rings. The van der Waals surface area contributed by atoms with Crippen molar-refractivity contribution in [2.45, 2.75) is 80.1 Å². The van der Waals surface area contributed by atoms with E-state index < -0.39 is 28.5 Å². The molecule has 0 aromatic rings. The van der Waals surface area contributed by atoms with Gasteiger partial charge in [0, 0.05) is 0 Å². The quantitative estimate of drug-likeness (QED) is 0.187. The highest BCUT2D eigenvalue weighted by molar-refractivity contribution is 8.33. The third-order valence-electron chi connectivity index (χ3n) is 4.84. The van der Waals surface area contributed by atoms with E-state index in [9.17, 15) is 8.76 Å². The van der Waals surface area contributed by atoms with Gasteiger partial charge in [0.15, 0.2) is 0 Å². The van der Waals surface area contributed by atoms with Crippen LogP contribution in [0.25, 0.3) is 0 Å². The molecule has 0 N–H and O–H groups in total. The lowest BCUT2D eigenvalue weighted by Gasteiger charge is -2.42. The van der Waals surface area contributed by atoms with Gasteiger partial charge >= 0.3 is 7.91 Å². The van der Waals surface area contributed by atoms with Gasteiger partial charge in [-0.3, -0.25) is 0 Å². The standard InChI is InChI=1S/C18H42FO3PS2/c1-7-13-15-17-24(9-3,10-4)21-23(19,20)22-25(11-5,12-6)18-16-14-8-2/h7-18H2,1-6H3. The maximum absolute atomic E-state index is 15.0. The van der Waals surface area contributed by atoms with Crippen molar-refractivity contribution in [1.29, 1.82) is 0 Å². The normalized spacial score (nSPS) is 14.7. The molecule has 3 nitrogen and oxygen atoms in total. The van der Waals surface area contributed by atoms with Crippen molar-refractivity contribution in [2.75, 3.05) is 34.5 Å². The Labute approximate surface area is 159 Å². The molecular formula is C18H42FO3PS2. The fourth-order valence-electron chi connectivity index (χ4n) is 2.89. The second-order valence-electron chi connectivity index (χ2n) is 6.49. The SMILES string of the molecule is CCCCCS(CC)(CC)OP(=O)(F)OS(CC)(CC)CCCCC. The van der Waals surface area contributed by atoms with Gasteiger partial charge in [-0.05, 0) is 47.4 Å². The summed E-state index contributed by atoms with van der Waals surface area (Å²) in [5, 5.41) is 0. The van der Waals surface area contributed by atoms with E-state index in [4.69, 9.17) is 7.94 Å². The minimum atomic E-state index is -4.52. The summed E-state index contributed by atoms with van der Waals surface area (Å²) in [7, 11) is -7.86. The van der Waals surface area contributed by atoms with Crippen molar-refractivity contribution in [3.8, 4) is 0 Å². The molecule has 0 rings (SSSR count). The van der Waals surface area contributed by atoms with Crippen molar-refractivity contribution in [3.63, 3.8) is 0 Å². The van der Waals surface area contributed by atoms with Crippen molar-refractivity contribution in [1.82, 2.24) is 0 Å². The topological polar surface area (TPSA) is 35.5 Å². The maximum atomic E-state index is 15.0. The average molecular weight is 421 g/mol. The molecule has 0 aliphatic heterocycles. The summed E-state index contributed by atoms with van der Waals surface area (Å²) >= 11 is 0. The molecule has 0 unspecified atom stereocenters. The van der Waals surface area contributed by atoms with Gasteiger partial charge in [-0.15, -0.1) is 24.8 Å². The number of hydrogen-bond acceptors (Lipinski definition) is 3. The predicted octanol–water partition coefficient (Wildman–Crippen LogP) is 8.00. The fourth-order valence-corrected chi connectivity index (χ4v) is 12.0. The Morgan fingerprint density at radius 2 is 1.00 bits per heavy atom. The van der Waals surface area contributed by atoms with Gasteiger partial charge in [0.1, 0.15) is 0 Å².